The van der Waals surface area contributed by atoms with E-state index in [4.69, 9.17) is 18.9 Å². The first-order valence-electron chi connectivity index (χ1n) is 23.2. The largest absolute Gasteiger partial charge is 0.462 e. The van der Waals surface area contributed by atoms with E-state index in [0.29, 0.717) is 12.8 Å². The topological polar surface area (TPSA) is 186 Å². The van der Waals surface area contributed by atoms with Gasteiger partial charge in [0.2, 0.25) is 0 Å². The third kappa shape index (κ3) is 31.5. The van der Waals surface area contributed by atoms with Gasteiger partial charge < -0.3 is 34.3 Å². The fraction of sp³-hybridized carbons (Fsp3) is 0.787. The molecule has 0 radical (unpaired) electrons. The van der Waals surface area contributed by atoms with Crippen molar-refractivity contribution in [1.82, 2.24) is 0 Å². The first kappa shape index (κ1) is 55.6. The average molecular weight is 871 g/mol. The smallest absolute Gasteiger partial charge is 0.306 e. The molecule has 1 aliphatic rings. The van der Waals surface area contributed by atoms with Gasteiger partial charge in [0, 0.05) is 12.8 Å². The molecule has 1 rings (SSSR count). The van der Waals surface area contributed by atoms with Crippen molar-refractivity contribution in [3.63, 3.8) is 0 Å². The number of aliphatic hydroxyl groups is 3. The van der Waals surface area contributed by atoms with Crippen molar-refractivity contribution in [1.29, 1.82) is 0 Å². The molecule has 1 aliphatic heterocycles. The van der Waals surface area contributed by atoms with Crippen LogP contribution >= 0.6 is 0 Å². The second-order valence-corrected chi connectivity index (χ2v) is 17.6. The van der Waals surface area contributed by atoms with Gasteiger partial charge in [-0.2, -0.15) is 8.42 Å². The maximum atomic E-state index is 12.8. The van der Waals surface area contributed by atoms with Crippen LogP contribution in [-0.2, 0) is 38.7 Å². The van der Waals surface area contributed by atoms with E-state index in [-0.39, 0.29) is 19.4 Å². The molecule has 0 aromatic carbocycles. The summed E-state index contributed by atoms with van der Waals surface area (Å²) in [5, 5.41) is 30.9. The summed E-state index contributed by atoms with van der Waals surface area (Å²) in [4.78, 5) is 25.4. The molecule has 1 heterocycles. The Morgan fingerprint density at radius 1 is 0.567 bits per heavy atom. The lowest BCUT2D eigenvalue weighted by atomic mass is 10.00. The normalized spacial score (nSPS) is 20.5. The number of carbonyl (C=O) groups excluding carboxylic acids is 2. The van der Waals surface area contributed by atoms with Crippen molar-refractivity contribution in [2.75, 3.05) is 19.0 Å². The number of hydrogen-bond acceptors (Lipinski definition) is 11. The molecule has 1 saturated heterocycles. The Morgan fingerprint density at radius 2 is 1.00 bits per heavy atom. The van der Waals surface area contributed by atoms with Crippen molar-refractivity contribution < 1.29 is 56.8 Å². The van der Waals surface area contributed by atoms with Gasteiger partial charge in [-0.05, 0) is 77.0 Å². The van der Waals surface area contributed by atoms with Crippen LogP contribution in [0, 0.1) is 0 Å². The zero-order valence-electron chi connectivity index (χ0n) is 37.1. The molecule has 0 amide bonds. The summed E-state index contributed by atoms with van der Waals surface area (Å²) in [5.41, 5.74) is 0. The van der Waals surface area contributed by atoms with E-state index in [1.807, 2.05) is 0 Å². The van der Waals surface area contributed by atoms with Crippen molar-refractivity contribution in [2.24, 2.45) is 0 Å². The average Bonchev–Trinajstić information content (AvgIpc) is 3.21. The number of hydrogen-bond donors (Lipinski definition) is 4. The maximum absolute atomic E-state index is 12.8. The van der Waals surface area contributed by atoms with Gasteiger partial charge in [-0.1, -0.05) is 140 Å². The highest BCUT2D eigenvalue weighted by molar-refractivity contribution is 7.85. The van der Waals surface area contributed by atoms with Gasteiger partial charge in [-0.15, -0.1) is 0 Å². The predicted octanol–water partition coefficient (Wildman–Crippen LogP) is 9.56. The number of rotatable bonds is 38. The van der Waals surface area contributed by atoms with Crippen molar-refractivity contribution in [3.05, 3.63) is 48.6 Å². The summed E-state index contributed by atoms with van der Waals surface area (Å²) < 4.78 is 54.1. The fourth-order valence-corrected chi connectivity index (χ4v) is 7.43. The van der Waals surface area contributed by atoms with E-state index in [2.05, 4.69) is 62.5 Å². The van der Waals surface area contributed by atoms with Gasteiger partial charge in [0.05, 0.1) is 6.61 Å². The van der Waals surface area contributed by atoms with E-state index < -0.39 is 71.2 Å². The van der Waals surface area contributed by atoms with Crippen LogP contribution in [0.2, 0.25) is 0 Å². The highest BCUT2D eigenvalue weighted by Gasteiger charge is 2.46. The molecule has 60 heavy (non-hydrogen) atoms. The Bertz CT molecular complexity index is 1300. The molecule has 0 aromatic rings. The van der Waals surface area contributed by atoms with Crippen LogP contribution in [0.25, 0.3) is 0 Å². The Kier molecular flexibility index (Phi) is 34.5. The third-order valence-electron chi connectivity index (χ3n) is 10.4. The Labute approximate surface area is 363 Å². The van der Waals surface area contributed by atoms with Gasteiger partial charge in [-0.3, -0.25) is 14.1 Å². The molecule has 0 aliphatic carbocycles. The lowest BCUT2D eigenvalue weighted by molar-refractivity contribution is -0.297. The molecular weight excluding hydrogens is 789 g/mol. The third-order valence-corrected chi connectivity index (χ3v) is 11.1. The molecule has 2 unspecified atom stereocenters. The van der Waals surface area contributed by atoms with Crippen molar-refractivity contribution in [2.45, 2.75) is 218 Å². The van der Waals surface area contributed by atoms with Crippen molar-refractivity contribution >= 4 is 22.1 Å². The highest BCUT2D eigenvalue weighted by Crippen LogP contribution is 2.24. The van der Waals surface area contributed by atoms with E-state index in [1.165, 1.54) is 51.4 Å². The van der Waals surface area contributed by atoms with Crippen LogP contribution in [0.1, 0.15) is 181 Å². The minimum absolute atomic E-state index is 0.151. The van der Waals surface area contributed by atoms with Crippen LogP contribution in [-0.4, -0.2) is 96.0 Å². The Morgan fingerprint density at radius 3 is 1.47 bits per heavy atom. The summed E-state index contributed by atoms with van der Waals surface area (Å²) in [5.74, 6) is -2.01. The first-order valence-corrected chi connectivity index (χ1v) is 24.8. The van der Waals surface area contributed by atoms with Crippen LogP contribution in [0.15, 0.2) is 48.6 Å². The lowest BCUT2D eigenvalue weighted by Crippen LogP contribution is -2.60. The van der Waals surface area contributed by atoms with Gasteiger partial charge in [0.15, 0.2) is 12.4 Å². The molecule has 1 fully saturated rings. The molecule has 12 nitrogen and oxygen atoms in total. The number of carbonyl (C=O) groups is 2. The van der Waals surface area contributed by atoms with Gasteiger partial charge in [-0.25, -0.2) is 0 Å². The molecule has 13 heteroatoms. The highest BCUT2D eigenvalue weighted by atomic mass is 32.2. The van der Waals surface area contributed by atoms with Crippen LogP contribution in [0.3, 0.4) is 0 Å². The fourth-order valence-electron chi connectivity index (χ4n) is 6.74. The maximum Gasteiger partial charge on any atom is 0.306 e. The van der Waals surface area contributed by atoms with E-state index >= 15 is 0 Å². The summed E-state index contributed by atoms with van der Waals surface area (Å²) in [6, 6.07) is 0. The number of allylic oxidation sites excluding steroid dienone is 8. The first-order chi connectivity index (χ1) is 29.0. The minimum Gasteiger partial charge on any atom is -0.462 e. The van der Waals surface area contributed by atoms with E-state index in [0.717, 1.165) is 89.9 Å². The van der Waals surface area contributed by atoms with Gasteiger partial charge in [0.1, 0.15) is 36.8 Å². The van der Waals surface area contributed by atoms with E-state index in [1.54, 1.807) is 0 Å². The van der Waals surface area contributed by atoms with Crippen molar-refractivity contribution in [3.8, 4) is 0 Å². The molecule has 0 bridgehead atoms. The van der Waals surface area contributed by atoms with E-state index in [9.17, 15) is 37.9 Å². The summed E-state index contributed by atoms with van der Waals surface area (Å²) in [6.45, 7) is 3.69. The summed E-state index contributed by atoms with van der Waals surface area (Å²) >= 11 is 0. The molecule has 0 spiro atoms. The quantitative estimate of drug-likeness (QED) is 0.0200. The standard InChI is InChI=1S/C47H82O12S/c1-3-5-7-9-11-13-15-17-19-20-22-24-26-28-30-32-34-36-43(49)58-40(38-57-47-46(52)45(51)44(50)41(59-47)39-60(53,54)55)37-56-42(48)35-33-31-29-27-25-23-21-18-16-14-12-10-8-6-4-2/h11-14,17-19,21,40-41,44-47,50-52H,3-10,15-16,20,22-39H2,1-2H3,(H,53,54,55)/b13-11+,14-12+,19-17+,21-18+/t40-,41-,44-,45?,46?,47+/m1/s1. The summed E-state index contributed by atoms with van der Waals surface area (Å²) in [7, 11) is -4.61. The second kappa shape index (κ2) is 37.2. The molecule has 6 atom stereocenters. The van der Waals surface area contributed by atoms with Crippen LogP contribution < -0.4 is 0 Å². The Balaban J connectivity index is 2.45. The molecule has 348 valence electrons. The van der Waals surface area contributed by atoms with Crippen LogP contribution in [0.4, 0.5) is 0 Å². The number of unbranched alkanes of at least 4 members (excludes halogenated alkanes) is 18. The minimum atomic E-state index is -4.61. The van der Waals surface area contributed by atoms with Gasteiger partial charge in [0.25, 0.3) is 10.1 Å². The number of aliphatic hydroxyl groups excluding tert-OH is 3. The van der Waals surface area contributed by atoms with Crippen LogP contribution in [0.5, 0.6) is 0 Å². The Hall–Kier alpha value is -2.39. The molecule has 4 N–H and O–H groups in total. The molecule has 0 aromatic heterocycles. The second-order valence-electron chi connectivity index (χ2n) is 16.1. The predicted molar refractivity (Wildman–Crippen MR) is 238 cm³/mol. The SMILES string of the molecule is CCCCC/C=C/C/C=C/CCCCCCCCCC(=O)O[C@H](COC(=O)CCCCCCC/C=C/C/C=C/CCCCC)CO[C@H]1O[C@H](CS(=O)(=O)O)[C@@H](O)C(O)C1O. The molecule has 0 saturated carbocycles. The number of esters is 2. The summed E-state index contributed by atoms with van der Waals surface area (Å²) in [6.07, 6.45) is 34.3. The monoisotopic (exact) mass is 871 g/mol. The van der Waals surface area contributed by atoms with Gasteiger partial charge >= 0.3 is 11.9 Å². The molecular formula is C47H82O12S. The lowest BCUT2D eigenvalue weighted by Gasteiger charge is -2.40. The zero-order valence-corrected chi connectivity index (χ0v) is 37.9. The zero-order chi connectivity index (χ0) is 44.1. The number of ether oxygens (including phenoxy) is 4.